The smallest absolute Gasteiger partial charge is 0.175 e. The summed E-state index contributed by atoms with van der Waals surface area (Å²) in [5.74, 6) is 0. The number of aryl methyl sites for hydroxylation is 2. The highest BCUT2D eigenvalue weighted by Crippen LogP contribution is 2.28. The van der Waals surface area contributed by atoms with Gasteiger partial charge in [-0.1, -0.05) is 30.3 Å². The molecular weight excluding hydrogens is 282 g/mol. The molecule has 2 aromatic rings. The molecule has 0 aliphatic heterocycles. The molecule has 0 radical (unpaired) electrons. The molecule has 0 fully saturated rings. The molecule has 4 heteroatoms. The lowest BCUT2D eigenvalue weighted by Gasteiger charge is -2.15. The molecule has 21 heavy (non-hydrogen) atoms. The van der Waals surface area contributed by atoms with Gasteiger partial charge in [-0.15, -0.1) is 0 Å². The Labute approximate surface area is 125 Å². The van der Waals surface area contributed by atoms with Crippen molar-refractivity contribution in [2.75, 3.05) is 6.26 Å². The van der Waals surface area contributed by atoms with Gasteiger partial charge in [-0.3, -0.25) is 0 Å². The quantitative estimate of drug-likeness (QED) is 0.948. The van der Waals surface area contributed by atoms with Crippen molar-refractivity contribution >= 4 is 9.84 Å². The number of nitrogens with two attached hydrogens (primary N) is 1. The second-order valence-electron chi connectivity index (χ2n) is 5.70. The molecule has 0 saturated heterocycles. The fourth-order valence-electron chi connectivity index (χ4n) is 2.92. The van der Waals surface area contributed by atoms with Crippen molar-refractivity contribution in [1.82, 2.24) is 0 Å². The molecule has 0 heterocycles. The van der Waals surface area contributed by atoms with Crippen molar-refractivity contribution in [3.05, 3.63) is 64.7 Å². The third-order valence-electron chi connectivity index (χ3n) is 4.13. The maximum Gasteiger partial charge on any atom is 0.175 e. The summed E-state index contributed by atoms with van der Waals surface area (Å²) in [6.07, 6.45) is 4.68. The van der Waals surface area contributed by atoms with Gasteiger partial charge in [0, 0.05) is 6.26 Å². The van der Waals surface area contributed by atoms with Crippen LogP contribution in [0, 0.1) is 0 Å². The van der Waals surface area contributed by atoms with Crippen LogP contribution in [0.15, 0.2) is 47.4 Å². The largest absolute Gasteiger partial charge is 0.320 e. The first-order valence-corrected chi connectivity index (χ1v) is 9.01. The Balaban J connectivity index is 1.97. The van der Waals surface area contributed by atoms with E-state index in [0.29, 0.717) is 4.90 Å². The van der Waals surface area contributed by atoms with Crippen molar-refractivity contribution in [1.29, 1.82) is 0 Å². The highest BCUT2D eigenvalue weighted by Gasteiger charge is 2.16. The molecule has 0 spiro atoms. The molecule has 0 aromatic heterocycles. The van der Waals surface area contributed by atoms with E-state index in [1.54, 1.807) is 18.2 Å². The molecule has 0 saturated carbocycles. The summed E-state index contributed by atoms with van der Waals surface area (Å²) >= 11 is 0. The van der Waals surface area contributed by atoms with E-state index < -0.39 is 9.84 Å². The van der Waals surface area contributed by atoms with E-state index in [2.05, 4.69) is 18.2 Å². The van der Waals surface area contributed by atoms with Crippen LogP contribution in [0.3, 0.4) is 0 Å². The summed E-state index contributed by atoms with van der Waals surface area (Å²) in [7, 11) is -3.21. The topological polar surface area (TPSA) is 60.2 Å². The molecule has 0 bridgehead atoms. The SMILES string of the molecule is CS(=O)(=O)c1cccc(C(N)c2ccc3c(c2)CCC3)c1. The van der Waals surface area contributed by atoms with Crippen molar-refractivity contribution in [2.24, 2.45) is 5.73 Å². The lowest BCUT2D eigenvalue weighted by molar-refractivity contribution is 0.601. The van der Waals surface area contributed by atoms with Crippen LogP contribution in [0.1, 0.15) is 34.7 Å². The van der Waals surface area contributed by atoms with E-state index in [1.807, 2.05) is 6.07 Å². The van der Waals surface area contributed by atoms with Crippen molar-refractivity contribution < 1.29 is 8.42 Å². The Morgan fingerprint density at radius 3 is 2.48 bits per heavy atom. The van der Waals surface area contributed by atoms with Crippen LogP contribution in [0.25, 0.3) is 0 Å². The first-order valence-electron chi connectivity index (χ1n) is 7.12. The standard InChI is InChI=1S/C17H19NO2S/c1-21(19,20)16-7-3-6-14(11-16)17(18)15-9-8-12-4-2-5-13(12)10-15/h3,6-11,17H,2,4-5,18H2,1H3. The number of benzene rings is 2. The Morgan fingerprint density at radius 1 is 1.00 bits per heavy atom. The summed E-state index contributed by atoms with van der Waals surface area (Å²) in [4.78, 5) is 0.316. The minimum absolute atomic E-state index is 0.294. The van der Waals surface area contributed by atoms with Crippen molar-refractivity contribution in [2.45, 2.75) is 30.2 Å². The van der Waals surface area contributed by atoms with Crippen LogP contribution in [-0.4, -0.2) is 14.7 Å². The average molecular weight is 301 g/mol. The van der Waals surface area contributed by atoms with Gasteiger partial charge in [0.15, 0.2) is 9.84 Å². The monoisotopic (exact) mass is 301 g/mol. The zero-order valence-corrected chi connectivity index (χ0v) is 12.9. The molecule has 110 valence electrons. The first kappa shape index (κ1) is 14.3. The van der Waals surface area contributed by atoms with Gasteiger partial charge in [-0.05, 0) is 53.6 Å². The molecule has 2 aromatic carbocycles. The molecule has 0 amide bonds. The van der Waals surface area contributed by atoms with Crippen LogP contribution in [0.4, 0.5) is 0 Å². The number of hydrogen-bond acceptors (Lipinski definition) is 3. The number of fused-ring (bicyclic) bond motifs is 1. The van der Waals surface area contributed by atoms with E-state index >= 15 is 0 Å². The normalized spacial score (nSPS) is 15.7. The fourth-order valence-corrected chi connectivity index (χ4v) is 3.59. The zero-order chi connectivity index (χ0) is 15.0. The third-order valence-corrected chi connectivity index (χ3v) is 5.24. The van der Waals surface area contributed by atoms with Gasteiger partial charge in [0.25, 0.3) is 0 Å². The summed E-state index contributed by atoms with van der Waals surface area (Å²) < 4.78 is 23.3. The number of hydrogen-bond donors (Lipinski definition) is 1. The van der Waals surface area contributed by atoms with Gasteiger partial charge in [-0.25, -0.2) is 8.42 Å². The Kier molecular flexibility index (Phi) is 3.59. The highest BCUT2D eigenvalue weighted by molar-refractivity contribution is 7.90. The molecule has 1 aliphatic rings. The second-order valence-corrected chi connectivity index (χ2v) is 7.72. The maximum atomic E-state index is 11.7. The molecule has 2 N–H and O–H groups in total. The summed E-state index contributed by atoms with van der Waals surface area (Å²) in [6, 6.07) is 13.0. The lowest BCUT2D eigenvalue weighted by atomic mass is 9.96. The third kappa shape index (κ3) is 2.87. The summed E-state index contributed by atoms with van der Waals surface area (Å²) in [5.41, 5.74) is 11.0. The van der Waals surface area contributed by atoms with Crippen LogP contribution >= 0.6 is 0 Å². The van der Waals surface area contributed by atoms with E-state index in [-0.39, 0.29) is 6.04 Å². The van der Waals surface area contributed by atoms with E-state index in [4.69, 9.17) is 5.73 Å². The molecule has 3 nitrogen and oxygen atoms in total. The fraction of sp³-hybridized carbons (Fsp3) is 0.294. The molecule has 1 aliphatic carbocycles. The van der Waals surface area contributed by atoms with Gasteiger partial charge in [0.2, 0.25) is 0 Å². The molecule has 1 atom stereocenters. The minimum atomic E-state index is -3.21. The predicted molar refractivity (Wildman–Crippen MR) is 84.0 cm³/mol. The Bertz CT molecular complexity index is 781. The maximum absolute atomic E-state index is 11.7. The van der Waals surface area contributed by atoms with E-state index in [0.717, 1.165) is 24.0 Å². The van der Waals surface area contributed by atoms with E-state index in [1.165, 1.54) is 23.8 Å². The van der Waals surface area contributed by atoms with Crippen molar-refractivity contribution in [3.8, 4) is 0 Å². The van der Waals surface area contributed by atoms with Gasteiger partial charge in [0.1, 0.15) is 0 Å². The van der Waals surface area contributed by atoms with Crippen LogP contribution in [0.2, 0.25) is 0 Å². The van der Waals surface area contributed by atoms with Crippen molar-refractivity contribution in [3.63, 3.8) is 0 Å². The van der Waals surface area contributed by atoms with Gasteiger partial charge < -0.3 is 5.73 Å². The highest BCUT2D eigenvalue weighted by atomic mass is 32.2. The summed E-state index contributed by atoms with van der Waals surface area (Å²) in [5, 5.41) is 0. The van der Waals surface area contributed by atoms with Gasteiger partial charge in [-0.2, -0.15) is 0 Å². The van der Waals surface area contributed by atoms with E-state index in [9.17, 15) is 8.42 Å². The van der Waals surface area contributed by atoms with Gasteiger partial charge in [0.05, 0.1) is 10.9 Å². The Hall–Kier alpha value is -1.65. The van der Waals surface area contributed by atoms with Crippen LogP contribution in [0.5, 0.6) is 0 Å². The van der Waals surface area contributed by atoms with Crippen LogP contribution in [-0.2, 0) is 22.7 Å². The molecule has 3 rings (SSSR count). The number of rotatable bonds is 3. The molecular formula is C17H19NO2S. The zero-order valence-electron chi connectivity index (χ0n) is 12.0. The predicted octanol–water partition coefficient (Wildman–Crippen LogP) is 2.63. The Morgan fingerprint density at radius 2 is 1.71 bits per heavy atom. The number of sulfone groups is 1. The first-order chi connectivity index (χ1) is 9.95. The minimum Gasteiger partial charge on any atom is -0.320 e. The second kappa shape index (κ2) is 5.28. The summed E-state index contributed by atoms with van der Waals surface area (Å²) in [6.45, 7) is 0. The molecule has 1 unspecified atom stereocenters. The van der Waals surface area contributed by atoms with Crippen LogP contribution < -0.4 is 5.73 Å². The van der Waals surface area contributed by atoms with Gasteiger partial charge >= 0.3 is 0 Å². The lowest BCUT2D eigenvalue weighted by Crippen LogP contribution is -2.13. The average Bonchev–Trinajstić information content (AvgIpc) is 2.93.